The van der Waals surface area contributed by atoms with Gasteiger partial charge in [-0.05, 0) is 32.2 Å². The van der Waals surface area contributed by atoms with Crippen molar-refractivity contribution in [3.8, 4) is 0 Å². The third-order valence-corrected chi connectivity index (χ3v) is 4.60. The Hall–Kier alpha value is -1.73. The van der Waals surface area contributed by atoms with Crippen molar-refractivity contribution in [1.82, 2.24) is 10.3 Å². The highest BCUT2D eigenvalue weighted by atomic mass is 32.1. The van der Waals surface area contributed by atoms with E-state index in [0.29, 0.717) is 10.0 Å². The molecule has 0 bridgehead atoms. The molecule has 1 atom stereocenters. The van der Waals surface area contributed by atoms with Gasteiger partial charge >= 0.3 is 0 Å². The molecule has 106 valence electrons. The number of anilines is 1. The molecule has 2 aromatic rings. The lowest BCUT2D eigenvalue weighted by Crippen LogP contribution is -2.41. The summed E-state index contributed by atoms with van der Waals surface area (Å²) < 4.78 is 0. The Morgan fingerprint density at radius 3 is 2.65 bits per heavy atom. The first kappa shape index (κ1) is 14.7. The van der Waals surface area contributed by atoms with E-state index in [0.717, 1.165) is 10.6 Å². The molecule has 0 radical (unpaired) electrons. The van der Waals surface area contributed by atoms with Crippen LogP contribution in [0.2, 0.25) is 0 Å². The van der Waals surface area contributed by atoms with Gasteiger partial charge in [-0.1, -0.05) is 6.07 Å². The van der Waals surface area contributed by atoms with Crippen molar-refractivity contribution in [2.24, 2.45) is 0 Å². The Labute approximate surface area is 125 Å². The first-order chi connectivity index (χ1) is 9.47. The maximum absolute atomic E-state index is 12.0. The molecule has 5 nitrogen and oxygen atoms in total. The fourth-order valence-electron chi connectivity index (χ4n) is 1.48. The number of thiazole rings is 1. The van der Waals surface area contributed by atoms with E-state index >= 15 is 0 Å². The third-order valence-electron chi connectivity index (χ3n) is 2.74. The van der Waals surface area contributed by atoms with E-state index in [1.165, 1.54) is 22.7 Å². The molecule has 2 aromatic heterocycles. The van der Waals surface area contributed by atoms with Gasteiger partial charge in [0.1, 0.15) is 6.04 Å². The molecule has 2 heterocycles. The molecule has 2 amide bonds. The van der Waals surface area contributed by atoms with Gasteiger partial charge in [0, 0.05) is 4.88 Å². The first-order valence-electron chi connectivity index (χ1n) is 6.06. The minimum absolute atomic E-state index is 0.242. The molecule has 0 fully saturated rings. The second-order valence-corrected chi connectivity index (χ2v) is 6.47. The lowest BCUT2D eigenvalue weighted by Gasteiger charge is -2.12. The lowest BCUT2D eigenvalue weighted by atomic mass is 10.3. The number of carbonyl (C=O) groups excluding carboxylic acids is 2. The SMILES string of the molecule is Cc1nc(NC(=O)[C@@H](C)NC(=O)c2cccs2)sc1C. The Bertz CT molecular complexity index is 600. The van der Waals surface area contributed by atoms with E-state index in [9.17, 15) is 9.59 Å². The number of carbonyl (C=O) groups is 2. The van der Waals surface area contributed by atoms with Crippen molar-refractivity contribution < 1.29 is 9.59 Å². The maximum Gasteiger partial charge on any atom is 0.261 e. The van der Waals surface area contributed by atoms with Gasteiger partial charge < -0.3 is 10.6 Å². The molecular formula is C13H15N3O2S2. The number of aromatic nitrogens is 1. The summed E-state index contributed by atoms with van der Waals surface area (Å²) in [5, 5.41) is 7.75. The van der Waals surface area contributed by atoms with Gasteiger partial charge in [0.15, 0.2) is 5.13 Å². The standard InChI is InChI=1S/C13H15N3O2S2/c1-7-9(3)20-13(15-7)16-11(17)8(2)14-12(18)10-5-4-6-19-10/h4-6,8H,1-3H3,(H,14,18)(H,15,16,17)/t8-/m1/s1. The number of nitrogens with zero attached hydrogens (tertiary/aromatic N) is 1. The fourth-order valence-corrected chi connectivity index (χ4v) is 2.93. The topological polar surface area (TPSA) is 71.1 Å². The van der Waals surface area contributed by atoms with Crippen LogP contribution in [0.5, 0.6) is 0 Å². The van der Waals surface area contributed by atoms with Gasteiger partial charge in [0.2, 0.25) is 5.91 Å². The van der Waals surface area contributed by atoms with Gasteiger partial charge in [-0.15, -0.1) is 22.7 Å². The zero-order chi connectivity index (χ0) is 14.7. The number of amides is 2. The van der Waals surface area contributed by atoms with Crippen LogP contribution in [-0.4, -0.2) is 22.8 Å². The van der Waals surface area contributed by atoms with E-state index < -0.39 is 6.04 Å². The van der Waals surface area contributed by atoms with Gasteiger partial charge in [0.05, 0.1) is 10.6 Å². The van der Waals surface area contributed by atoms with Crippen molar-refractivity contribution in [3.63, 3.8) is 0 Å². The van der Waals surface area contributed by atoms with Crippen LogP contribution in [0.1, 0.15) is 27.2 Å². The molecule has 0 saturated carbocycles. The van der Waals surface area contributed by atoms with Crippen LogP contribution < -0.4 is 10.6 Å². The van der Waals surface area contributed by atoms with E-state index in [1.54, 1.807) is 19.1 Å². The molecule has 2 rings (SSSR count). The van der Waals surface area contributed by atoms with Crippen molar-refractivity contribution in [2.45, 2.75) is 26.8 Å². The van der Waals surface area contributed by atoms with Gasteiger partial charge in [0.25, 0.3) is 5.91 Å². The van der Waals surface area contributed by atoms with Gasteiger partial charge in [-0.2, -0.15) is 0 Å². The Balaban J connectivity index is 1.93. The number of nitrogens with one attached hydrogen (secondary N) is 2. The van der Waals surface area contributed by atoms with Gasteiger partial charge in [-0.3, -0.25) is 9.59 Å². The number of hydrogen-bond donors (Lipinski definition) is 2. The summed E-state index contributed by atoms with van der Waals surface area (Å²) in [7, 11) is 0. The molecule has 0 spiro atoms. The second kappa shape index (κ2) is 6.15. The Morgan fingerprint density at radius 2 is 2.10 bits per heavy atom. The predicted octanol–water partition coefficient (Wildman–Crippen LogP) is 2.58. The summed E-state index contributed by atoms with van der Waals surface area (Å²) >= 11 is 2.76. The van der Waals surface area contributed by atoms with Crippen LogP contribution in [0.25, 0.3) is 0 Å². The molecule has 2 N–H and O–H groups in total. The molecule has 0 saturated heterocycles. The second-order valence-electron chi connectivity index (χ2n) is 4.32. The summed E-state index contributed by atoms with van der Waals surface area (Å²) in [6.45, 7) is 5.49. The highest BCUT2D eigenvalue weighted by molar-refractivity contribution is 7.15. The van der Waals surface area contributed by atoms with Crippen LogP contribution in [0.15, 0.2) is 17.5 Å². The molecule has 0 aliphatic heterocycles. The van der Waals surface area contributed by atoms with Crippen LogP contribution in [-0.2, 0) is 4.79 Å². The minimum atomic E-state index is -0.617. The quantitative estimate of drug-likeness (QED) is 0.912. The van der Waals surface area contributed by atoms with Gasteiger partial charge in [-0.25, -0.2) is 4.98 Å². The monoisotopic (exact) mass is 309 g/mol. The number of thiophene rings is 1. The van der Waals surface area contributed by atoms with Crippen molar-refractivity contribution in [1.29, 1.82) is 0 Å². The number of aryl methyl sites for hydroxylation is 2. The first-order valence-corrected chi connectivity index (χ1v) is 7.76. The van der Waals surface area contributed by atoms with E-state index in [1.807, 2.05) is 19.2 Å². The summed E-state index contributed by atoms with van der Waals surface area (Å²) in [5.74, 6) is -0.516. The third kappa shape index (κ3) is 3.43. The summed E-state index contributed by atoms with van der Waals surface area (Å²) in [4.78, 5) is 29.7. The molecular weight excluding hydrogens is 294 g/mol. The average Bonchev–Trinajstić information content (AvgIpc) is 3.00. The minimum Gasteiger partial charge on any atom is -0.340 e. The Kier molecular flexibility index (Phi) is 4.51. The molecule has 0 aliphatic carbocycles. The summed E-state index contributed by atoms with van der Waals surface area (Å²) in [6.07, 6.45) is 0. The number of hydrogen-bond acceptors (Lipinski definition) is 5. The maximum atomic E-state index is 12.0. The lowest BCUT2D eigenvalue weighted by molar-refractivity contribution is -0.117. The fraction of sp³-hybridized carbons (Fsp3) is 0.308. The zero-order valence-electron chi connectivity index (χ0n) is 11.4. The number of rotatable bonds is 4. The van der Waals surface area contributed by atoms with Crippen LogP contribution in [0.3, 0.4) is 0 Å². The molecule has 7 heteroatoms. The largest absolute Gasteiger partial charge is 0.340 e. The molecule has 20 heavy (non-hydrogen) atoms. The van der Waals surface area contributed by atoms with Crippen molar-refractivity contribution in [3.05, 3.63) is 33.0 Å². The summed E-state index contributed by atoms with van der Waals surface area (Å²) in [6, 6.07) is 2.90. The highest BCUT2D eigenvalue weighted by Crippen LogP contribution is 2.21. The predicted molar refractivity (Wildman–Crippen MR) is 81.5 cm³/mol. The molecule has 0 aliphatic rings. The molecule has 0 aromatic carbocycles. The van der Waals surface area contributed by atoms with E-state index in [2.05, 4.69) is 15.6 Å². The smallest absolute Gasteiger partial charge is 0.261 e. The highest BCUT2D eigenvalue weighted by Gasteiger charge is 2.18. The normalized spacial score (nSPS) is 11.9. The van der Waals surface area contributed by atoms with Crippen molar-refractivity contribution >= 4 is 39.6 Å². The van der Waals surface area contributed by atoms with E-state index in [-0.39, 0.29) is 11.8 Å². The van der Waals surface area contributed by atoms with Crippen LogP contribution in [0.4, 0.5) is 5.13 Å². The Morgan fingerprint density at radius 1 is 1.35 bits per heavy atom. The van der Waals surface area contributed by atoms with Crippen LogP contribution >= 0.6 is 22.7 Å². The molecule has 0 unspecified atom stereocenters. The zero-order valence-corrected chi connectivity index (χ0v) is 13.0. The van der Waals surface area contributed by atoms with Crippen LogP contribution in [0, 0.1) is 13.8 Å². The average molecular weight is 309 g/mol. The van der Waals surface area contributed by atoms with E-state index in [4.69, 9.17) is 0 Å². The summed E-state index contributed by atoms with van der Waals surface area (Å²) in [5.41, 5.74) is 0.903. The van der Waals surface area contributed by atoms with Crippen molar-refractivity contribution in [2.75, 3.05) is 5.32 Å².